The van der Waals surface area contributed by atoms with Crippen LogP contribution in [-0.4, -0.2) is 26.4 Å². The Morgan fingerprint density at radius 3 is 2.48 bits per heavy atom. The Hall–Kier alpha value is -3.93. The molecule has 1 amide bonds. The van der Waals surface area contributed by atoms with Crippen molar-refractivity contribution in [2.45, 2.75) is 26.3 Å². The number of aromatic nitrogens is 2. The normalized spacial score (nSPS) is 15.9. The summed E-state index contributed by atoms with van der Waals surface area (Å²) in [5, 5.41) is 11.1. The topological polar surface area (TPSA) is 63.6 Å². The number of carbonyl (C=O) groups is 1. The van der Waals surface area contributed by atoms with Crippen molar-refractivity contribution >= 4 is 11.6 Å². The van der Waals surface area contributed by atoms with E-state index in [1.807, 2.05) is 53.3 Å². The second-order valence-corrected chi connectivity index (χ2v) is 7.69. The van der Waals surface area contributed by atoms with Crippen LogP contribution in [0.2, 0.25) is 0 Å². The molecule has 3 heterocycles. The fourth-order valence-electron chi connectivity index (χ4n) is 3.91. The van der Waals surface area contributed by atoms with Crippen LogP contribution in [0, 0.1) is 6.92 Å². The van der Waals surface area contributed by atoms with Gasteiger partial charge in [-0.1, -0.05) is 48.0 Å². The first-order chi connectivity index (χ1) is 15.1. The van der Waals surface area contributed by atoms with E-state index >= 15 is 0 Å². The summed E-state index contributed by atoms with van der Waals surface area (Å²) >= 11 is 0. The second kappa shape index (κ2) is 7.72. The number of rotatable bonds is 4. The van der Waals surface area contributed by atoms with Crippen molar-refractivity contribution in [2.75, 3.05) is 0 Å². The molecule has 2 aromatic carbocycles. The van der Waals surface area contributed by atoms with Gasteiger partial charge in [0.2, 0.25) is 5.91 Å². The number of benzene rings is 2. The van der Waals surface area contributed by atoms with Crippen molar-refractivity contribution in [3.05, 3.63) is 95.9 Å². The van der Waals surface area contributed by atoms with Crippen LogP contribution in [-0.2, 0) is 4.79 Å². The van der Waals surface area contributed by atoms with Crippen LogP contribution in [0.15, 0.2) is 88.7 Å². The van der Waals surface area contributed by atoms with Crippen LogP contribution >= 0.6 is 0 Å². The molecular weight excluding hydrogens is 388 g/mol. The molecule has 0 spiro atoms. The van der Waals surface area contributed by atoms with E-state index in [4.69, 9.17) is 9.52 Å². The van der Waals surface area contributed by atoms with Crippen molar-refractivity contribution < 1.29 is 9.21 Å². The van der Waals surface area contributed by atoms with E-state index in [9.17, 15) is 4.79 Å². The van der Waals surface area contributed by atoms with Gasteiger partial charge in [-0.05, 0) is 36.8 Å². The molecule has 4 aromatic rings. The summed E-state index contributed by atoms with van der Waals surface area (Å²) < 4.78 is 7.50. The summed E-state index contributed by atoms with van der Waals surface area (Å²) in [6.45, 7) is 3.60. The van der Waals surface area contributed by atoms with Gasteiger partial charge in [0.1, 0.15) is 5.69 Å². The Bertz CT molecular complexity index is 1240. The maximum absolute atomic E-state index is 12.5. The molecule has 0 fully saturated rings. The third-order valence-electron chi connectivity index (χ3n) is 5.49. The number of amides is 1. The Balaban J connectivity index is 1.59. The molecule has 1 atom stereocenters. The number of nitrogens with zero attached hydrogens (tertiary/aromatic N) is 4. The summed E-state index contributed by atoms with van der Waals surface area (Å²) in [6.07, 6.45) is 4.21. The predicted molar refractivity (Wildman–Crippen MR) is 119 cm³/mol. The molecule has 6 nitrogen and oxygen atoms in total. The first-order valence-corrected chi connectivity index (χ1v) is 10.2. The molecule has 0 saturated heterocycles. The Labute approximate surface area is 180 Å². The molecule has 1 aliphatic rings. The fraction of sp³-hybridized carbons (Fsp3) is 0.160. The zero-order valence-electron chi connectivity index (χ0n) is 17.4. The molecule has 0 radical (unpaired) electrons. The number of aryl methyl sites for hydroxylation is 1. The number of hydrogen-bond donors (Lipinski definition) is 0. The first kappa shape index (κ1) is 19.1. The molecule has 0 bridgehead atoms. The Morgan fingerprint density at radius 1 is 1.03 bits per heavy atom. The van der Waals surface area contributed by atoms with Gasteiger partial charge in [-0.25, -0.2) is 9.69 Å². The van der Waals surface area contributed by atoms with E-state index in [-0.39, 0.29) is 11.9 Å². The predicted octanol–water partition coefficient (Wildman–Crippen LogP) is 5.14. The average Bonchev–Trinajstić information content (AvgIpc) is 3.53. The molecule has 5 rings (SSSR count). The highest BCUT2D eigenvalue weighted by Crippen LogP contribution is 2.38. The van der Waals surface area contributed by atoms with Crippen molar-refractivity contribution in [1.29, 1.82) is 0 Å². The lowest BCUT2D eigenvalue weighted by Gasteiger charge is -2.19. The van der Waals surface area contributed by atoms with Gasteiger partial charge in [-0.15, -0.1) is 0 Å². The van der Waals surface area contributed by atoms with E-state index in [0.29, 0.717) is 17.9 Å². The number of hydrazone groups is 1. The molecule has 31 heavy (non-hydrogen) atoms. The summed E-state index contributed by atoms with van der Waals surface area (Å²) in [5.41, 5.74) is 5.65. The zero-order chi connectivity index (χ0) is 21.4. The molecule has 1 aliphatic heterocycles. The van der Waals surface area contributed by atoms with Gasteiger partial charge in [-0.2, -0.15) is 10.2 Å². The average molecular weight is 410 g/mol. The quantitative estimate of drug-likeness (QED) is 0.468. The van der Waals surface area contributed by atoms with Gasteiger partial charge < -0.3 is 4.42 Å². The third kappa shape index (κ3) is 3.57. The van der Waals surface area contributed by atoms with Gasteiger partial charge >= 0.3 is 0 Å². The minimum Gasteiger partial charge on any atom is -0.463 e. The van der Waals surface area contributed by atoms with Crippen molar-refractivity contribution in [1.82, 2.24) is 14.8 Å². The lowest BCUT2D eigenvalue weighted by Crippen LogP contribution is -2.24. The van der Waals surface area contributed by atoms with Crippen molar-refractivity contribution in [3.8, 4) is 17.1 Å². The van der Waals surface area contributed by atoms with Gasteiger partial charge in [0.15, 0.2) is 5.76 Å². The minimum absolute atomic E-state index is 0.107. The zero-order valence-corrected chi connectivity index (χ0v) is 17.4. The highest BCUT2D eigenvalue weighted by atomic mass is 16.3. The number of furan rings is 1. The summed E-state index contributed by atoms with van der Waals surface area (Å²) in [4.78, 5) is 12.5. The third-order valence-corrected chi connectivity index (χ3v) is 5.49. The molecule has 0 aliphatic carbocycles. The second-order valence-electron chi connectivity index (χ2n) is 7.69. The van der Waals surface area contributed by atoms with Crippen LogP contribution in [0.5, 0.6) is 0 Å². The number of para-hydroxylation sites is 1. The Morgan fingerprint density at radius 2 is 1.81 bits per heavy atom. The van der Waals surface area contributed by atoms with Gasteiger partial charge in [0.25, 0.3) is 0 Å². The summed E-state index contributed by atoms with van der Waals surface area (Å²) in [6, 6.07) is 21.6. The molecule has 0 saturated carbocycles. The van der Waals surface area contributed by atoms with E-state index in [1.165, 1.54) is 5.56 Å². The van der Waals surface area contributed by atoms with Gasteiger partial charge in [0, 0.05) is 25.1 Å². The standard InChI is InChI=1S/C25H22N4O2/c1-17-10-12-19(13-11-17)22-15-23(29(26-22)18(2)30)21-16-28(20-7-4-3-5-8-20)27-25(21)24-9-6-14-31-24/h3-14,16,23H,15H2,1-2H3/t23-/m0/s1. The van der Waals surface area contributed by atoms with Crippen LogP contribution in [0.25, 0.3) is 17.1 Å². The van der Waals surface area contributed by atoms with E-state index in [2.05, 4.69) is 36.3 Å². The largest absolute Gasteiger partial charge is 0.463 e. The van der Waals surface area contributed by atoms with Crippen LogP contribution in [0.4, 0.5) is 0 Å². The highest BCUT2D eigenvalue weighted by Gasteiger charge is 2.35. The SMILES string of the molecule is CC(=O)N1N=C(c2ccc(C)cc2)C[C@H]1c1cn(-c2ccccc2)nc1-c1ccco1. The molecule has 154 valence electrons. The van der Waals surface area contributed by atoms with E-state index in [0.717, 1.165) is 22.5 Å². The Kier molecular flexibility index (Phi) is 4.75. The first-order valence-electron chi connectivity index (χ1n) is 10.2. The summed E-state index contributed by atoms with van der Waals surface area (Å²) in [7, 11) is 0. The number of carbonyl (C=O) groups excluding carboxylic acids is 1. The fourth-order valence-corrected chi connectivity index (χ4v) is 3.91. The van der Waals surface area contributed by atoms with Gasteiger partial charge in [-0.3, -0.25) is 4.79 Å². The minimum atomic E-state index is -0.258. The maximum Gasteiger partial charge on any atom is 0.240 e. The molecule has 2 aromatic heterocycles. The van der Waals surface area contributed by atoms with Crippen LogP contribution in [0.1, 0.15) is 36.1 Å². The maximum atomic E-state index is 12.5. The molecule has 0 unspecified atom stereocenters. The molecule has 0 N–H and O–H groups in total. The van der Waals surface area contributed by atoms with Crippen LogP contribution < -0.4 is 0 Å². The lowest BCUT2D eigenvalue weighted by molar-refractivity contribution is -0.130. The van der Waals surface area contributed by atoms with Crippen molar-refractivity contribution in [2.24, 2.45) is 5.10 Å². The molecular formula is C25H22N4O2. The van der Waals surface area contributed by atoms with E-state index < -0.39 is 0 Å². The van der Waals surface area contributed by atoms with Crippen LogP contribution in [0.3, 0.4) is 0 Å². The lowest BCUT2D eigenvalue weighted by atomic mass is 9.97. The highest BCUT2D eigenvalue weighted by molar-refractivity contribution is 6.03. The number of hydrogen-bond acceptors (Lipinski definition) is 4. The monoisotopic (exact) mass is 410 g/mol. The summed E-state index contributed by atoms with van der Waals surface area (Å²) in [5.74, 6) is 0.557. The smallest absolute Gasteiger partial charge is 0.240 e. The van der Waals surface area contributed by atoms with Crippen molar-refractivity contribution in [3.63, 3.8) is 0 Å². The van der Waals surface area contributed by atoms with E-state index in [1.54, 1.807) is 18.2 Å². The van der Waals surface area contributed by atoms with Gasteiger partial charge in [0.05, 0.1) is 23.7 Å². The molecule has 6 heteroatoms.